The summed E-state index contributed by atoms with van der Waals surface area (Å²) in [6.45, 7) is 11.5. The van der Waals surface area contributed by atoms with E-state index in [0.29, 0.717) is 5.82 Å². The highest BCUT2D eigenvalue weighted by Gasteiger charge is 2.54. The van der Waals surface area contributed by atoms with Crippen LogP contribution in [-0.2, 0) is 4.74 Å². The predicted molar refractivity (Wildman–Crippen MR) is 119 cm³/mol. The van der Waals surface area contributed by atoms with E-state index in [4.69, 9.17) is 10.5 Å². The molecule has 4 rings (SSSR count). The molecule has 7 nitrogen and oxygen atoms in total. The van der Waals surface area contributed by atoms with E-state index in [2.05, 4.69) is 40.9 Å². The van der Waals surface area contributed by atoms with Gasteiger partial charge in [0.2, 0.25) is 0 Å². The van der Waals surface area contributed by atoms with Gasteiger partial charge in [-0.1, -0.05) is 20.8 Å². The summed E-state index contributed by atoms with van der Waals surface area (Å²) in [5.41, 5.74) is 7.04. The molecule has 1 aromatic heterocycles. The number of hydrogen-bond donors (Lipinski definition) is 2. The first-order valence-corrected chi connectivity index (χ1v) is 11.4. The highest BCUT2D eigenvalue weighted by atomic mass is 16.6. The number of piperidine rings is 2. The van der Waals surface area contributed by atoms with E-state index in [9.17, 15) is 4.79 Å². The van der Waals surface area contributed by atoms with Gasteiger partial charge in [0.15, 0.2) is 0 Å². The molecule has 1 unspecified atom stereocenters. The first-order valence-electron chi connectivity index (χ1n) is 11.4. The van der Waals surface area contributed by atoms with Gasteiger partial charge < -0.3 is 25.6 Å². The number of carbonyl (C=O) groups is 1. The molecule has 7 heteroatoms. The third-order valence-electron chi connectivity index (χ3n) is 7.24. The number of nitrogens with two attached hydrogens (primary N) is 1. The van der Waals surface area contributed by atoms with E-state index < -0.39 is 0 Å². The molecular weight excluding hydrogens is 378 g/mol. The monoisotopic (exact) mass is 415 g/mol. The topological polar surface area (TPSA) is 83.7 Å². The average molecular weight is 416 g/mol. The SMILES string of the molecule is CC(C)(C)C1N(C(=O)OC2CCN(c3ccc(N)nc3)CC2)CCC12CCNCC2. The molecule has 0 aliphatic carbocycles. The maximum Gasteiger partial charge on any atom is 0.410 e. The number of nitrogen functional groups attached to an aromatic ring is 1. The second-order valence-corrected chi connectivity index (χ2v) is 10.3. The molecule has 3 N–H and O–H groups in total. The summed E-state index contributed by atoms with van der Waals surface area (Å²) in [6.07, 6.45) is 6.77. The Labute approximate surface area is 180 Å². The molecule has 3 aliphatic rings. The molecule has 3 saturated heterocycles. The van der Waals surface area contributed by atoms with Crippen LogP contribution in [0.15, 0.2) is 18.3 Å². The fourth-order valence-electron chi connectivity index (χ4n) is 6.00. The van der Waals surface area contributed by atoms with Crippen molar-refractivity contribution in [2.24, 2.45) is 10.8 Å². The zero-order valence-corrected chi connectivity index (χ0v) is 18.7. The number of anilines is 2. The van der Waals surface area contributed by atoms with Crippen LogP contribution >= 0.6 is 0 Å². The fraction of sp³-hybridized carbons (Fsp3) is 0.739. The summed E-state index contributed by atoms with van der Waals surface area (Å²) in [5, 5.41) is 3.49. The first kappa shape index (κ1) is 21.2. The Kier molecular flexibility index (Phi) is 5.84. The van der Waals surface area contributed by atoms with Crippen LogP contribution in [-0.4, -0.2) is 60.8 Å². The molecule has 3 fully saturated rings. The van der Waals surface area contributed by atoms with Crippen molar-refractivity contribution < 1.29 is 9.53 Å². The Bertz CT molecular complexity index is 731. The summed E-state index contributed by atoms with van der Waals surface area (Å²) >= 11 is 0. The van der Waals surface area contributed by atoms with E-state index in [-0.39, 0.29) is 29.1 Å². The Morgan fingerprint density at radius 1 is 1.17 bits per heavy atom. The second-order valence-electron chi connectivity index (χ2n) is 10.3. The minimum atomic E-state index is -0.113. The number of likely N-dealkylation sites (tertiary alicyclic amines) is 1. The van der Waals surface area contributed by atoms with E-state index in [1.54, 1.807) is 0 Å². The summed E-state index contributed by atoms with van der Waals surface area (Å²) < 4.78 is 6.05. The molecule has 3 aliphatic heterocycles. The number of hydrogen-bond acceptors (Lipinski definition) is 6. The van der Waals surface area contributed by atoms with Crippen LogP contribution < -0.4 is 16.0 Å². The van der Waals surface area contributed by atoms with Crippen LogP contribution in [0, 0.1) is 10.8 Å². The molecule has 1 spiro atoms. The van der Waals surface area contributed by atoms with Gasteiger partial charge in [-0.05, 0) is 55.3 Å². The standard InChI is InChI=1S/C23H37N5O2/c1-22(2,3)20-23(8-11-25-12-9-23)10-15-28(20)21(29)30-18-6-13-27(14-7-18)17-4-5-19(24)26-16-17/h4-5,16,18,20,25H,6-15H2,1-3H3,(H2,24,26). The molecule has 166 valence electrons. The lowest BCUT2D eigenvalue weighted by atomic mass is 9.65. The zero-order valence-electron chi connectivity index (χ0n) is 18.7. The molecule has 0 bridgehead atoms. The van der Waals surface area contributed by atoms with Crippen LogP contribution in [0.3, 0.4) is 0 Å². The molecule has 0 radical (unpaired) electrons. The number of nitrogens with zero attached hydrogens (tertiary/aromatic N) is 3. The normalized spacial score (nSPS) is 25.0. The van der Waals surface area contributed by atoms with Crippen molar-refractivity contribution >= 4 is 17.6 Å². The molecule has 1 amide bonds. The van der Waals surface area contributed by atoms with Gasteiger partial charge in [-0.25, -0.2) is 9.78 Å². The summed E-state index contributed by atoms with van der Waals surface area (Å²) in [4.78, 5) is 21.8. The van der Waals surface area contributed by atoms with Crippen molar-refractivity contribution in [1.29, 1.82) is 0 Å². The number of carbonyl (C=O) groups excluding carboxylic acids is 1. The van der Waals surface area contributed by atoms with Crippen LogP contribution in [0.5, 0.6) is 0 Å². The molecular formula is C23H37N5O2. The number of rotatable bonds is 2. The minimum absolute atomic E-state index is 0.0133. The molecule has 30 heavy (non-hydrogen) atoms. The van der Waals surface area contributed by atoms with Crippen LogP contribution in [0.4, 0.5) is 16.3 Å². The largest absolute Gasteiger partial charge is 0.446 e. The minimum Gasteiger partial charge on any atom is -0.446 e. The van der Waals surface area contributed by atoms with Gasteiger partial charge in [-0.3, -0.25) is 0 Å². The smallest absolute Gasteiger partial charge is 0.410 e. The van der Waals surface area contributed by atoms with Crippen molar-refractivity contribution in [2.75, 3.05) is 43.4 Å². The van der Waals surface area contributed by atoms with Gasteiger partial charge in [0.1, 0.15) is 11.9 Å². The van der Waals surface area contributed by atoms with Gasteiger partial charge >= 0.3 is 6.09 Å². The van der Waals surface area contributed by atoms with Gasteiger partial charge in [-0.15, -0.1) is 0 Å². The molecule has 0 aromatic carbocycles. The molecule has 1 atom stereocenters. The summed E-state index contributed by atoms with van der Waals surface area (Å²) in [6, 6.07) is 4.07. The molecule has 0 saturated carbocycles. The van der Waals surface area contributed by atoms with E-state index in [0.717, 1.165) is 70.5 Å². The van der Waals surface area contributed by atoms with Crippen LogP contribution in [0.1, 0.15) is 52.9 Å². The van der Waals surface area contributed by atoms with Crippen molar-refractivity contribution in [2.45, 2.75) is 65.0 Å². The van der Waals surface area contributed by atoms with Crippen LogP contribution in [0.25, 0.3) is 0 Å². The van der Waals surface area contributed by atoms with E-state index >= 15 is 0 Å². The van der Waals surface area contributed by atoms with Crippen molar-refractivity contribution in [3.05, 3.63) is 18.3 Å². The fourth-order valence-corrected chi connectivity index (χ4v) is 6.00. The Morgan fingerprint density at radius 3 is 2.47 bits per heavy atom. The molecule has 1 aromatic rings. The Hall–Kier alpha value is -2.02. The van der Waals surface area contributed by atoms with E-state index in [1.165, 1.54) is 0 Å². The summed E-state index contributed by atoms with van der Waals surface area (Å²) in [7, 11) is 0. The predicted octanol–water partition coefficient (Wildman–Crippen LogP) is 3.26. The van der Waals surface area contributed by atoms with Crippen molar-refractivity contribution in [3.8, 4) is 0 Å². The number of nitrogens with one attached hydrogen (secondary N) is 1. The summed E-state index contributed by atoms with van der Waals surface area (Å²) in [5.74, 6) is 0.535. The lowest BCUT2D eigenvalue weighted by molar-refractivity contribution is 0.00511. The van der Waals surface area contributed by atoms with Gasteiger partial charge in [0, 0.05) is 38.5 Å². The number of amides is 1. The highest BCUT2D eigenvalue weighted by Crippen LogP contribution is 2.51. The maximum absolute atomic E-state index is 13.2. The van der Waals surface area contributed by atoms with Gasteiger partial charge in [0.05, 0.1) is 11.9 Å². The Balaban J connectivity index is 1.37. The third kappa shape index (κ3) is 4.22. The molecule has 4 heterocycles. The second kappa shape index (κ2) is 8.25. The highest BCUT2D eigenvalue weighted by molar-refractivity contribution is 5.69. The van der Waals surface area contributed by atoms with Crippen molar-refractivity contribution in [3.63, 3.8) is 0 Å². The van der Waals surface area contributed by atoms with Crippen LogP contribution in [0.2, 0.25) is 0 Å². The van der Waals surface area contributed by atoms with Crippen molar-refractivity contribution in [1.82, 2.24) is 15.2 Å². The lowest BCUT2D eigenvalue weighted by Crippen LogP contribution is -2.54. The number of ether oxygens (including phenoxy) is 1. The van der Waals surface area contributed by atoms with Gasteiger partial charge in [-0.2, -0.15) is 0 Å². The van der Waals surface area contributed by atoms with Gasteiger partial charge in [0.25, 0.3) is 0 Å². The van der Waals surface area contributed by atoms with E-state index in [1.807, 2.05) is 18.3 Å². The Morgan fingerprint density at radius 2 is 1.87 bits per heavy atom. The quantitative estimate of drug-likeness (QED) is 0.771. The first-order chi connectivity index (χ1) is 14.3. The average Bonchev–Trinajstić information content (AvgIpc) is 3.09. The maximum atomic E-state index is 13.2. The number of aromatic nitrogens is 1. The lowest BCUT2D eigenvalue weighted by Gasteiger charge is -2.47. The zero-order chi connectivity index (χ0) is 21.4. The number of pyridine rings is 1. The third-order valence-corrected chi connectivity index (χ3v) is 7.24.